The van der Waals surface area contributed by atoms with E-state index in [0.29, 0.717) is 0 Å². The van der Waals surface area contributed by atoms with Gasteiger partial charge in [0.05, 0.1) is 0 Å². The van der Waals surface area contributed by atoms with Crippen LogP contribution in [-0.2, 0) is 14.8 Å². The van der Waals surface area contributed by atoms with Gasteiger partial charge in [-0.15, -0.1) is 0 Å². The summed E-state index contributed by atoms with van der Waals surface area (Å²) in [6.07, 6.45) is 0. The third-order valence-corrected chi connectivity index (χ3v) is 2.85. The highest BCUT2D eigenvalue weighted by atomic mass is 32.2. The van der Waals surface area contributed by atoms with Gasteiger partial charge in [-0.1, -0.05) is 30.3 Å². The summed E-state index contributed by atoms with van der Waals surface area (Å²) < 4.78 is 22.1. The number of amides is 1. The number of benzene rings is 1. The second-order valence-electron chi connectivity index (χ2n) is 2.78. The summed E-state index contributed by atoms with van der Waals surface area (Å²) in [7, 11) is -3.99. The molecule has 1 rings (SSSR count). The van der Waals surface area contributed by atoms with Gasteiger partial charge in [-0.25, -0.2) is 13.6 Å². The summed E-state index contributed by atoms with van der Waals surface area (Å²) in [6.45, 7) is 0. The molecule has 0 radical (unpaired) electrons. The number of hydrogen-bond donors (Lipinski definition) is 2. The molecular formula is C8H10N2O3S. The van der Waals surface area contributed by atoms with Gasteiger partial charge in [0.15, 0.2) is 5.25 Å². The van der Waals surface area contributed by atoms with E-state index >= 15 is 0 Å². The van der Waals surface area contributed by atoms with Crippen molar-refractivity contribution in [3.8, 4) is 0 Å². The molecule has 0 bridgehead atoms. The first-order valence-corrected chi connectivity index (χ1v) is 5.40. The monoisotopic (exact) mass is 214 g/mol. The van der Waals surface area contributed by atoms with Gasteiger partial charge in [-0.05, 0) is 5.56 Å². The van der Waals surface area contributed by atoms with Gasteiger partial charge in [-0.3, -0.25) is 4.79 Å². The Labute approximate surface area is 81.8 Å². The second-order valence-corrected chi connectivity index (χ2v) is 4.43. The third-order valence-electron chi connectivity index (χ3n) is 1.69. The summed E-state index contributed by atoms with van der Waals surface area (Å²) in [4.78, 5) is 10.9. The van der Waals surface area contributed by atoms with Crippen LogP contribution in [0, 0.1) is 0 Å². The predicted molar refractivity (Wildman–Crippen MR) is 51.5 cm³/mol. The van der Waals surface area contributed by atoms with E-state index in [-0.39, 0.29) is 5.56 Å². The number of carbonyl (C=O) groups excluding carboxylic acids is 1. The average molecular weight is 214 g/mol. The van der Waals surface area contributed by atoms with Crippen LogP contribution >= 0.6 is 0 Å². The minimum atomic E-state index is -3.99. The Morgan fingerprint density at radius 3 is 2.07 bits per heavy atom. The molecule has 5 nitrogen and oxygen atoms in total. The van der Waals surface area contributed by atoms with Gasteiger partial charge < -0.3 is 5.73 Å². The van der Waals surface area contributed by atoms with Gasteiger partial charge in [-0.2, -0.15) is 0 Å². The van der Waals surface area contributed by atoms with Crippen LogP contribution in [0.2, 0.25) is 0 Å². The van der Waals surface area contributed by atoms with Crippen LogP contribution in [0.5, 0.6) is 0 Å². The summed E-state index contributed by atoms with van der Waals surface area (Å²) in [5.41, 5.74) is 5.24. The maximum absolute atomic E-state index is 11.1. The number of primary sulfonamides is 1. The molecule has 0 aliphatic rings. The van der Waals surface area contributed by atoms with E-state index in [1.54, 1.807) is 18.2 Å². The first-order valence-electron chi connectivity index (χ1n) is 3.79. The van der Waals surface area contributed by atoms with Crippen molar-refractivity contribution < 1.29 is 13.2 Å². The average Bonchev–Trinajstić information content (AvgIpc) is 2.02. The molecule has 0 aliphatic carbocycles. The molecular weight excluding hydrogens is 204 g/mol. The van der Waals surface area contributed by atoms with E-state index in [4.69, 9.17) is 10.9 Å². The first-order chi connectivity index (χ1) is 6.43. The maximum Gasteiger partial charge on any atom is 0.241 e. The van der Waals surface area contributed by atoms with Crippen LogP contribution in [0.4, 0.5) is 0 Å². The summed E-state index contributed by atoms with van der Waals surface area (Å²) >= 11 is 0. The van der Waals surface area contributed by atoms with Crippen molar-refractivity contribution >= 4 is 15.9 Å². The lowest BCUT2D eigenvalue weighted by Crippen LogP contribution is -2.32. The zero-order valence-electron chi connectivity index (χ0n) is 7.25. The molecule has 0 aromatic heterocycles. The Hall–Kier alpha value is -1.40. The lowest BCUT2D eigenvalue weighted by molar-refractivity contribution is -0.117. The summed E-state index contributed by atoms with van der Waals surface area (Å²) in [5, 5.41) is 3.42. The fraction of sp³-hybridized carbons (Fsp3) is 0.125. The molecule has 0 saturated heterocycles. The van der Waals surface area contributed by atoms with Gasteiger partial charge in [0.1, 0.15) is 0 Å². The Balaban J connectivity index is 3.22. The molecule has 0 fully saturated rings. The van der Waals surface area contributed by atoms with Gasteiger partial charge >= 0.3 is 0 Å². The quantitative estimate of drug-likeness (QED) is 0.708. The summed E-state index contributed by atoms with van der Waals surface area (Å²) in [6, 6.07) is 7.89. The molecule has 14 heavy (non-hydrogen) atoms. The number of primary amides is 1. The molecule has 1 amide bonds. The molecule has 1 atom stereocenters. The van der Waals surface area contributed by atoms with Crippen LogP contribution in [0.1, 0.15) is 10.8 Å². The zero-order valence-corrected chi connectivity index (χ0v) is 8.07. The number of sulfonamides is 1. The molecule has 0 aliphatic heterocycles. The van der Waals surface area contributed by atoms with Gasteiger partial charge in [0, 0.05) is 0 Å². The number of carbonyl (C=O) groups is 1. The number of rotatable bonds is 3. The smallest absolute Gasteiger partial charge is 0.241 e. The fourth-order valence-corrected chi connectivity index (χ4v) is 2.00. The molecule has 0 spiro atoms. The minimum absolute atomic E-state index is 0.280. The Morgan fingerprint density at radius 1 is 1.21 bits per heavy atom. The SMILES string of the molecule is NC(=O)[C@H](c1ccccc1)S(N)(=O)=O. The van der Waals surface area contributed by atoms with Crippen molar-refractivity contribution in [2.75, 3.05) is 0 Å². The first kappa shape index (κ1) is 10.7. The maximum atomic E-state index is 11.1. The van der Waals surface area contributed by atoms with E-state index in [2.05, 4.69) is 0 Å². The second kappa shape index (κ2) is 3.77. The standard InChI is InChI=1S/C8H10N2O3S/c9-8(11)7(14(10,12)13)6-4-2-1-3-5-6/h1-5,7H,(H2,9,11)(H2,10,12,13)/t7-/m0/s1. The van der Waals surface area contributed by atoms with Crippen molar-refractivity contribution in [3.05, 3.63) is 35.9 Å². The third kappa shape index (κ3) is 2.30. The fourth-order valence-electron chi connectivity index (χ4n) is 1.14. The van der Waals surface area contributed by atoms with E-state index in [0.717, 1.165) is 0 Å². The van der Waals surface area contributed by atoms with E-state index in [1.165, 1.54) is 12.1 Å². The van der Waals surface area contributed by atoms with Crippen molar-refractivity contribution in [3.63, 3.8) is 0 Å². The van der Waals surface area contributed by atoms with Crippen molar-refractivity contribution in [1.82, 2.24) is 0 Å². The lowest BCUT2D eigenvalue weighted by atomic mass is 10.1. The predicted octanol–water partition coefficient (Wildman–Crippen LogP) is -0.498. The highest BCUT2D eigenvalue weighted by Crippen LogP contribution is 2.18. The normalized spacial score (nSPS) is 13.5. The van der Waals surface area contributed by atoms with Gasteiger partial charge in [0.25, 0.3) is 0 Å². The summed E-state index contributed by atoms with van der Waals surface area (Å²) in [5.74, 6) is -0.973. The van der Waals surface area contributed by atoms with Gasteiger partial charge in [0.2, 0.25) is 15.9 Å². The van der Waals surface area contributed by atoms with Crippen LogP contribution < -0.4 is 10.9 Å². The minimum Gasteiger partial charge on any atom is -0.368 e. The Morgan fingerprint density at radius 2 is 1.71 bits per heavy atom. The largest absolute Gasteiger partial charge is 0.368 e. The van der Waals surface area contributed by atoms with E-state index in [9.17, 15) is 13.2 Å². The number of nitrogens with two attached hydrogens (primary N) is 2. The zero-order chi connectivity index (χ0) is 10.8. The molecule has 76 valence electrons. The van der Waals surface area contributed by atoms with E-state index < -0.39 is 21.2 Å². The number of hydrogen-bond acceptors (Lipinski definition) is 3. The molecule has 4 N–H and O–H groups in total. The lowest BCUT2D eigenvalue weighted by Gasteiger charge is -2.10. The molecule has 0 unspecified atom stereocenters. The van der Waals surface area contributed by atoms with Crippen LogP contribution in [-0.4, -0.2) is 14.3 Å². The van der Waals surface area contributed by atoms with Crippen LogP contribution in [0.25, 0.3) is 0 Å². The molecule has 6 heteroatoms. The van der Waals surface area contributed by atoms with Crippen molar-refractivity contribution in [2.24, 2.45) is 10.9 Å². The Kier molecular flexibility index (Phi) is 2.87. The Bertz CT molecular complexity index is 427. The topological polar surface area (TPSA) is 103 Å². The van der Waals surface area contributed by atoms with Crippen LogP contribution in [0.3, 0.4) is 0 Å². The highest BCUT2D eigenvalue weighted by Gasteiger charge is 2.28. The van der Waals surface area contributed by atoms with Crippen molar-refractivity contribution in [2.45, 2.75) is 5.25 Å². The highest BCUT2D eigenvalue weighted by molar-refractivity contribution is 7.90. The van der Waals surface area contributed by atoms with Crippen LogP contribution in [0.15, 0.2) is 30.3 Å². The molecule has 1 aromatic rings. The van der Waals surface area contributed by atoms with E-state index in [1.807, 2.05) is 0 Å². The molecule has 0 saturated carbocycles. The molecule has 1 aromatic carbocycles. The van der Waals surface area contributed by atoms with Crippen molar-refractivity contribution in [1.29, 1.82) is 0 Å². The molecule has 0 heterocycles.